The number of hydrogen-bond acceptors (Lipinski definition) is 5. The smallest absolute Gasteiger partial charge is 0.167 e. The van der Waals surface area contributed by atoms with Crippen LogP contribution in [0, 0.1) is 0 Å². The van der Waals surface area contributed by atoms with Gasteiger partial charge in [0.15, 0.2) is 17.5 Å². The minimum absolute atomic E-state index is 0.115. The lowest BCUT2D eigenvalue weighted by Gasteiger charge is -2.20. The van der Waals surface area contributed by atoms with Crippen molar-refractivity contribution < 1.29 is 4.42 Å². The van der Waals surface area contributed by atoms with E-state index in [0.29, 0.717) is 17.5 Å². The Morgan fingerprint density at radius 2 is 1.11 bits per heavy atom. The third kappa shape index (κ3) is 6.06. The molecule has 15 rings (SSSR count). The van der Waals surface area contributed by atoms with E-state index in [-0.39, 0.29) is 5.92 Å². The molecular formula is C64H40N4OS. The average Bonchev–Trinajstić information content (AvgIpc) is 4.07. The van der Waals surface area contributed by atoms with Crippen molar-refractivity contribution >= 4 is 86.0 Å². The first-order valence-electron chi connectivity index (χ1n) is 24.0. The van der Waals surface area contributed by atoms with Crippen LogP contribution in [-0.2, 0) is 6.42 Å². The quantitative estimate of drug-likeness (QED) is 0.173. The molecule has 10 aromatic carbocycles. The van der Waals surface area contributed by atoms with Crippen molar-refractivity contribution in [3.05, 3.63) is 229 Å². The van der Waals surface area contributed by atoms with Crippen molar-refractivity contribution in [1.29, 1.82) is 0 Å². The second-order valence-electron chi connectivity index (χ2n) is 18.6. The Kier molecular flexibility index (Phi) is 8.65. The molecule has 0 saturated carbocycles. The number of furan rings is 1. The number of aryl methyl sites for hydroxylation is 1. The summed E-state index contributed by atoms with van der Waals surface area (Å²) in [7, 11) is 0. The van der Waals surface area contributed by atoms with E-state index >= 15 is 0 Å². The topological polar surface area (TPSA) is 56.7 Å². The minimum Gasteiger partial charge on any atom is -0.455 e. The van der Waals surface area contributed by atoms with Crippen LogP contribution in [0.2, 0.25) is 0 Å². The Bertz CT molecular complexity index is 4450. The highest BCUT2D eigenvalue weighted by Gasteiger charge is 2.29. The van der Waals surface area contributed by atoms with Crippen LogP contribution >= 0.6 is 11.3 Å². The summed E-state index contributed by atoms with van der Waals surface area (Å²) in [6.45, 7) is 0. The fraction of sp³-hybridized carbons (Fsp3) is 0.0469. The molecule has 0 saturated heterocycles. The molecule has 1 atom stereocenters. The molecule has 0 amide bonds. The molecule has 0 radical (unpaired) electrons. The van der Waals surface area contributed by atoms with Crippen molar-refractivity contribution in [3.8, 4) is 51.0 Å². The summed E-state index contributed by atoms with van der Waals surface area (Å²) in [5.41, 5.74) is 14.2. The predicted octanol–water partition coefficient (Wildman–Crippen LogP) is 17.1. The second-order valence-corrected chi connectivity index (χ2v) is 19.7. The Morgan fingerprint density at radius 1 is 0.443 bits per heavy atom. The number of para-hydroxylation sites is 3. The van der Waals surface area contributed by atoms with Crippen molar-refractivity contribution in [2.24, 2.45) is 0 Å². The number of aromatic nitrogens is 4. The van der Waals surface area contributed by atoms with E-state index in [0.717, 1.165) is 68.2 Å². The van der Waals surface area contributed by atoms with Gasteiger partial charge in [0, 0.05) is 64.4 Å². The SMILES string of the molecule is c1ccc(-n2c3ccccc3c3ccc(-c4nc(-c5ccc6sc7ccccc7c6c5)nc(-c5ccc(C6CCc7cc8ccccc8cc7-c7ccccc76)c6c5oc5ccccc56)n4)cc32)cc1. The molecule has 0 fully saturated rings. The maximum Gasteiger partial charge on any atom is 0.167 e. The van der Waals surface area contributed by atoms with Crippen LogP contribution in [0.25, 0.3) is 126 Å². The lowest BCUT2D eigenvalue weighted by Crippen LogP contribution is -2.04. The highest BCUT2D eigenvalue weighted by molar-refractivity contribution is 7.25. The van der Waals surface area contributed by atoms with E-state index in [2.05, 4.69) is 217 Å². The van der Waals surface area contributed by atoms with E-state index in [1.165, 1.54) is 69.5 Å². The normalized spacial score (nSPS) is 13.7. The van der Waals surface area contributed by atoms with Gasteiger partial charge in [-0.1, -0.05) is 146 Å². The van der Waals surface area contributed by atoms with Gasteiger partial charge >= 0.3 is 0 Å². The first kappa shape index (κ1) is 39.3. The van der Waals surface area contributed by atoms with Crippen LogP contribution in [0.4, 0.5) is 0 Å². The van der Waals surface area contributed by atoms with Crippen LogP contribution in [0.3, 0.4) is 0 Å². The Balaban J connectivity index is 0.957. The Labute approximate surface area is 406 Å². The van der Waals surface area contributed by atoms with Gasteiger partial charge in [-0.3, -0.25) is 0 Å². The fourth-order valence-corrected chi connectivity index (χ4v) is 12.6. The Morgan fingerprint density at radius 3 is 2.00 bits per heavy atom. The summed E-state index contributed by atoms with van der Waals surface area (Å²) >= 11 is 1.81. The maximum absolute atomic E-state index is 7.04. The van der Waals surface area contributed by atoms with E-state index in [4.69, 9.17) is 19.4 Å². The van der Waals surface area contributed by atoms with Crippen LogP contribution in [-0.4, -0.2) is 19.5 Å². The zero-order valence-electron chi connectivity index (χ0n) is 37.8. The van der Waals surface area contributed by atoms with Gasteiger partial charge < -0.3 is 8.98 Å². The maximum atomic E-state index is 7.04. The molecule has 4 heterocycles. The standard InChI is InChI=1S/C64H40N4OS/c1-2-16-43(17-3-1)68-55-23-11-8-20-47(55)48-30-27-42(37-56(48)68)63-65-62(41-28-33-59-54(36-41)49-21-10-13-25-58(49)70-59)66-64(67-63)52-32-31-50(60-51-22-9-12-24-57(51)69-61(52)60)46-29-26-40-34-38-14-4-5-15-39(38)35-53(40)45-19-7-6-18-44(45)46/h1-25,27-28,30-37,46H,26,29H2. The first-order valence-corrected chi connectivity index (χ1v) is 24.8. The van der Waals surface area contributed by atoms with Gasteiger partial charge in [0.25, 0.3) is 0 Å². The molecule has 70 heavy (non-hydrogen) atoms. The summed E-state index contributed by atoms with van der Waals surface area (Å²) in [4.78, 5) is 16.2. The first-order chi connectivity index (χ1) is 34.7. The number of thiophene rings is 1. The summed E-state index contributed by atoms with van der Waals surface area (Å²) < 4.78 is 11.9. The third-order valence-corrected chi connectivity index (χ3v) is 15.8. The highest BCUT2D eigenvalue weighted by Crippen LogP contribution is 2.48. The lowest BCUT2D eigenvalue weighted by molar-refractivity contribution is 0.668. The van der Waals surface area contributed by atoms with Crippen molar-refractivity contribution in [2.45, 2.75) is 18.8 Å². The van der Waals surface area contributed by atoms with Gasteiger partial charge in [-0.15, -0.1) is 11.3 Å². The molecule has 0 spiro atoms. The molecule has 6 heteroatoms. The predicted molar refractivity (Wildman–Crippen MR) is 290 cm³/mol. The molecule has 1 unspecified atom stereocenters. The molecule has 328 valence electrons. The molecule has 1 aliphatic carbocycles. The van der Waals surface area contributed by atoms with Crippen molar-refractivity contribution in [2.75, 3.05) is 0 Å². The Hall–Kier alpha value is -8.71. The molecule has 1 aliphatic rings. The monoisotopic (exact) mass is 912 g/mol. The van der Waals surface area contributed by atoms with E-state index in [1.54, 1.807) is 0 Å². The highest BCUT2D eigenvalue weighted by atomic mass is 32.1. The van der Waals surface area contributed by atoms with E-state index in [9.17, 15) is 0 Å². The molecular weight excluding hydrogens is 873 g/mol. The lowest BCUT2D eigenvalue weighted by atomic mass is 9.83. The largest absolute Gasteiger partial charge is 0.455 e. The average molecular weight is 913 g/mol. The van der Waals surface area contributed by atoms with Gasteiger partial charge in [0.2, 0.25) is 0 Å². The van der Waals surface area contributed by atoms with Gasteiger partial charge in [0.05, 0.1) is 16.6 Å². The van der Waals surface area contributed by atoms with Gasteiger partial charge in [-0.05, 0) is 118 Å². The van der Waals surface area contributed by atoms with Gasteiger partial charge in [-0.25, -0.2) is 15.0 Å². The molecule has 0 bridgehead atoms. The number of rotatable bonds is 5. The fourth-order valence-electron chi connectivity index (χ4n) is 11.5. The van der Waals surface area contributed by atoms with Crippen LogP contribution in [0.5, 0.6) is 0 Å². The molecule has 4 aromatic heterocycles. The number of fused-ring (bicyclic) bond motifs is 13. The summed E-state index contributed by atoms with van der Waals surface area (Å²) in [5, 5.41) is 9.52. The summed E-state index contributed by atoms with van der Waals surface area (Å²) in [6.07, 6.45) is 1.91. The zero-order valence-corrected chi connectivity index (χ0v) is 38.6. The number of nitrogens with zero attached hydrogens (tertiary/aromatic N) is 4. The van der Waals surface area contributed by atoms with E-state index in [1.807, 2.05) is 11.3 Å². The zero-order chi connectivity index (χ0) is 45.9. The molecule has 5 nitrogen and oxygen atoms in total. The van der Waals surface area contributed by atoms with Crippen molar-refractivity contribution in [1.82, 2.24) is 19.5 Å². The van der Waals surface area contributed by atoms with E-state index < -0.39 is 0 Å². The van der Waals surface area contributed by atoms with Gasteiger partial charge in [0.1, 0.15) is 11.2 Å². The number of hydrogen-bond donors (Lipinski definition) is 0. The minimum atomic E-state index is 0.115. The van der Waals surface area contributed by atoms with Crippen LogP contribution in [0.1, 0.15) is 29.0 Å². The molecule has 0 N–H and O–H groups in total. The number of benzene rings is 10. The van der Waals surface area contributed by atoms with Crippen LogP contribution < -0.4 is 0 Å². The molecule has 0 aliphatic heterocycles. The molecule has 14 aromatic rings. The third-order valence-electron chi connectivity index (χ3n) is 14.7. The summed E-state index contributed by atoms with van der Waals surface area (Å²) in [5.74, 6) is 1.88. The van der Waals surface area contributed by atoms with Crippen molar-refractivity contribution in [3.63, 3.8) is 0 Å². The van der Waals surface area contributed by atoms with Crippen LogP contribution in [0.15, 0.2) is 217 Å². The van der Waals surface area contributed by atoms with Gasteiger partial charge in [-0.2, -0.15) is 0 Å². The summed E-state index contributed by atoms with van der Waals surface area (Å²) in [6, 6.07) is 76.6. The second kappa shape index (κ2) is 15.4.